The van der Waals surface area contributed by atoms with Crippen molar-refractivity contribution in [3.8, 4) is 0 Å². The summed E-state index contributed by atoms with van der Waals surface area (Å²) in [6.45, 7) is 7.90. The van der Waals surface area contributed by atoms with Crippen molar-refractivity contribution in [2.45, 2.75) is 65.3 Å². The molecule has 2 amide bonds. The predicted molar refractivity (Wildman–Crippen MR) is 72.1 cm³/mol. The number of carbonyl (C=O) groups is 1. The highest BCUT2D eigenvalue weighted by Crippen LogP contribution is 2.28. The fraction of sp³-hybridized carbons (Fsp3) is 0.929. The number of carbonyl (C=O) groups excluding carboxylic acids is 1. The van der Waals surface area contributed by atoms with Gasteiger partial charge in [-0.3, -0.25) is 0 Å². The van der Waals surface area contributed by atoms with E-state index >= 15 is 0 Å². The van der Waals surface area contributed by atoms with Gasteiger partial charge in [-0.15, -0.1) is 0 Å². The van der Waals surface area contributed by atoms with E-state index < -0.39 is 0 Å². The zero-order valence-electron chi connectivity index (χ0n) is 11.7. The third-order valence-corrected chi connectivity index (χ3v) is 3.93. The Labute approximate surface area is 106 Å². The number of rotatable bonds is 5. The Hall–Kier alpha value is -0.730. The molecule has 0 aliphatic heterocycles. The fourth-order valence-electron chi connectivity index (χ4n) is 2.87. The van der Waals surface area contributed by atoms with Gasteiger partial charge in [0, 0.05) is 19.1 Å². The molecular weight excluding hydrogens is 212 g/mol. The molecule has 100 valence electrons. The second kappa shape index (κ2) is 7.57. The highest BCUT2D eigenvalue weighted by Gasteiger charge is 2.26. The summed E-state index contributed by atoms with van der Waals surface area (Å²) in [6, 6.07) is 0.541. The maximum Gasteiger partial charge on any atom is 0.317 e. The first-order valence-electron chi connectivity index (χ1n) is 7.28. The lowest BCUT2D eigenvalue weighted by Gasteiger charge is -2.33. The van der Waals surface area contributed by atoms with Crippen molar-refractivity contribution in [3.63, 3.8) is 0 Å². The Bertz CT molecular complexity index is 224. The summed E-state index contributed by atoms with van der Waals surface area (Å²) in [5, 5.41) is 3.24. The number of hydrogen-bond donors (Lipinski definition) is 1. The number of hydrogen-bond acceptors (Lipinski definition) is 1. The highest BCUT2D eigenvalue weighted by molar-refractivity contribution is 5.74. The first kappa shape index (κ1) is 14.3. The molecule has 0 heterocycles. The summed E-state index contributed by atoms with van der Waals surface area (Å²) < 4.78 is 0. The summed E-state index contributed by atoms with van der Waals surface area (Å²) in [7, 11) is 0. The Morgan fingerprint density at radius 2 is 1.82 bits per heavy atom. The van der Waals surface area contributed by atoms with Crippen molar-refractivity contribution in [1.29, 1.82) is 0 Å². The topological polar surface area (TPSA) is 32.3 Å². The van der Waals surface area contributed by atoms with Crippen molar-refractivity contribution < 1.29 is 4.79 Å². The number of urea groups is 1. The fourth-order valence-corrected chi connectivity index (χ4v) is 2.87. The van der Waals surface area contributed by atoms with Crippen LogP contribution in [0.4, 0.5) is 4.79 Å². The average Bonchev–Trinajstić information content (AvgIpc) is 2.33. The van der Waals surface area contributed by atoms with Gasteiger partial charge in [0.25, 0.3) is 0 Å². The Kier molecular flexibility index (Phi) is 6.38. The van der Waals surface area contributed by atoms with E-state index in [1.807, 2.05) is 18.7 Å². The lowest BCUT2D eigenvalue weighted by atomic mass is 9.82. The van der Waals surface area contributed by atoms with Gasteiger partial charge in [-0.05, 0) is 39.0 Å². The normalized spacial score (nSPS) is 24.4. The van der Waals surface area contributed by atoms with E-state index in [4.69, 9.17) is 0 Å². The summed E-state index contributed by atoms with van der Waals surface area (Å²) >= 11 is 0. The second-order valence-corrected chi connectivity index (χ2v) is 5.06. The van der Waals surface area contributed by atoms with E-state index in [9.17, 15) is 4.79 Å². The average molecular weight is 240 g/mol. The van der Waals surface area contributed by atoms with Crippen molar-refractivity contribution in [1.82, 2.24) is 10.2 Å². The molecule has 3 heteroatoms. The quantitative estimate of drug-likeness (QED) is 0.785. The molecule has 1 N–H and O–H groups in total. The molecule has 0 aromatic carbocycles. The van der Waals surface area contributed by atoms with Crippen molar-refractivity contribution in [2.75, 3.05) is 13.1 Å². The molecule has 0 saturated heterocycles. The van der Waals surface area contributed by atoms with Gasteiger partial charge in [-0.2, -0.15) is 0 Å². The van der Waals surface area contributed by atoms with Gasteiger partial charge in [-0.1, -0.05) is 26.2 Å². The first-order chi connectivity index (χ1) is 8.22. The molecule has 0 spiro atoms. The van der Waals surface area contributed by atoms with Gasteiger partial charge < -0.3 is 10.2 Å². The minimum Gasteiger partial charge on any atom is -0.335 e. The monoisotopic (exact) mass is 240 g/mol. The van der Waals surface area contributed by atoms with Crippen LogP contribution in [0, 0.1) is 5.92 Å². The molecule has 3 nitrogen and oxygen atoms in total. The molecule has 2 atom stereocenters. The largest absolute Gasteiger partial charge is 0.335 e. The summed E-state index contributed by atoms with van der Waals surface area (Å²) in [6.07, 6.45) is 7.53. The molecule has 0 aromatic rings. The maximum absolute atomic E-state index is 12.0. The van der Waals surface area contributed by atoms with E-state index in [1.54, 1.807) is 0 Å². The molecule has 1 fully saturated rings. The lowest BCUT2D eigenvalue weighted by molar-refractivity contribution is 0.182. The van der Waals surface area contributed by atoms with Gasteiger partial charge in [0.05, 0.1) is 0 Å². The molecule has 0 radical (unpaired) electrons. The SMILES string of the molecule is CCC[C@@H]1CCCC[C@H]1NC(=O)N(CC)CC. The van der Waals surface area contributed by atoms with Gasteiger partial charge in [0.1, 0.15) is 0 Å². The zero-order valence-corrected chi connectivity index (χ0v) is 11.7. The summed E-state index contributed by atoms with van der Waals surface area (Å²) in [5.41, 5.74) is 0. The number of amides is 2. The highest BCUT2D eigenvalue weighted by atomic mass is 16.2. The van der Waals surface area contributed by atoms with Crippen molar-refractivity contribution in [2.24, 2.45) is 5.92 Å². The van der Waals surface area contributed by atoms with Crippen LogP contribution >= 0.6 is 0 Å². The molecule has 1 aliphatic rings. The standard InChI is InChI=1S/C14H28N2O/c1-4-9-12-10-7-8-11-13(12)15-14(17)16(5-2)6-3/h12-13H,4-11H2,1-3H3,(H,15,17)/t12-,13-/m1/s1. The minimum atomic E-state index is 0.128. The van der Waals surface area contributed by atoms with Crippen LogP contribution in [-0.2, 0) is 0 Å². The Morgan fingerprint density at radius 3 is 2.41 bits per heavy atom. The lowest BCUT2D eigenvalue weighted by Crippen LogP contribution is -2.48. The van der Waals surface area contributed by atoms with Crippen LogP contribution in [0.3, 0.4) is 0 Å². The minimum absolute atomic E-state index is 0.128. The summed E-state index contributed by atoms with van der Waals surface area (Å²) in [4.78, 5) is 13.9. The second-order valence-electron chi connectivity index (χ2n) is 5.06. The number of nitrogens with one attached hydrogen (secondary N) is 1. The van der Waals surface area contributed by atoms with Crippen LogP contribution < -0.4 is 5.32 Å². The maximum atomic E-state index is 12.0. The molecule has 0 unspecified atom stereocenters. The van der Waals surface area contributed by atoms with Crippen LogP contribution in [0.25, 0.3) is 0 Å². The summed E-state index contributed by atoms with van der Waals surface area (Å²) in [5.74, 6) is 0.702. The molecule has 0 bridgehead atoms. The molecular formula is C14H28N2O. The van der Waals surface area contributed by atoms with Gasteiger partial charge in [0.2, 0.25) is 0 Å². The molecule has 17 heavy (non-hydrogen) atoms. The van der Waals surface area contributed by atoms with E-state index in [2.05, 4.69) is 12.2 Å². The van der Waals surface area contributed by atoms with Crippen molar-refractivity contribution >= 4 is 6.03 Å². The van der Waals surface area contributed by atoms with Crippen LogP contribution in [0.5, 0.6) is 0 Å². The zero-order chi connectivity index (χ0) is 12.7. The molecule has 1 saturated carbocycles. The predicted octanol–water partition coefficient (Wildman–Crippen LogP) is 3.40. The van der Waals surface area contributed by atoms with Gasteiger partial charge in [-0.25, -0.2) is 4.79 Å². The molecule has 0 aromatic heterocycles. The number of nitrogens with zero attached hydrogens (tertiary/aromatic N) is 1. The van der Waals surface area contributed by atoms with Gasteiger partial charge in [0.15, 0.2) is 0 Å². The smallest absolute Gasteiger partial charge is 0.317 e. The van der Waals surface area contributed by atoms with E-state index in [-0.39, 0.29) is 6.03 Å². The van der Waals surface area contributed by atoms with Gasteiger partial charge >= 0.3 is 6.03 Å². The van der Waals surface area contributed by atoms with Crippen LogP contribution in [0.1, 0.15) is 59.3 Å². The molecule has 1 rings (SSSR count). The third-order valence-electron chi connectivity index (χ3n) is 3.93. The van der Waals surface area contributed by atoms with Crippen LogP contribution in [0.2, 0.25) is 0 Å². The third kappa shape index (κ3) is 4.21. The van der Waals surface area contributed by atoms with Crippen LogP contribution in [0.15, 0.2) is 0 Å². The van der Waals surface area contributed by atoms with E-state index in [1.165, 1.54) is 32.1 Å². The first-order valence-corrected chi connectivity index (χ1v) is 7.28. The van der Waals surface area contributed by atoms with E-state index in [0.717, 1.165) is 19.5 Å². The molecule has 1 aliphatic carbocycles. The Morgan fingerprint density at radius 1 is 1.18 bits per heavy atom. The van der Waals surface area contributed by atoms with Crippen LogP contribution in [-0.4, -0.2) is 30.1 Å². The van der Waals surface area contributed by atoms with E-state index in [0.29, 0.717) is 12.0 Å². The Balaban J connectivity index is 2.49. The van der Waals surface area contributed by atoms with Crippen molar-refractivity contribution in [3.05, 3.63) is 0 Å².